The number of phenolic OH excluding ortho intramolecular Hbond substituents is 1. The third-order valence-electron chi connectivity index (χ3n) is 3.37. The molecular weight excluding hydrogens is 196 g/mol. The molecule has 1 atom stereocenters. The number of aromatic hydroxyl groups is 1. The molecule has 0 spiro atoms. The van der Waals surface area contributed by atoms with Crippen LogP contribution >= 0.6 is 0 Å². The standard InChI is InChI=1S/C15H14O/c1-2-12(10-6-4-3-5-7-10)11-8-13-14(9-11)15(13)16/h3-9,12,16H,2H2,1H3. The molecule has 1 aromatic carbocycles. The van der Waals surface area contributed by atoms with E-state index in [0.717, 1.165) is 17.5 Å². The molecule has 1 N–H and O–H groups in total. The van der Waals surface area contributed by atoms with Crippen LogP contribution in [0.4, 0.5) is 0 Å². The Morgan fingerprint density at radius 1 is 1.00 bits per heavy atom. The lowest BCUT2D eigenvalue weighted by Crippen LogP contribution is -1.97. The fraction of sp³-hybridized carbons (Fsp3) is 0.200. The molecule has 1 unspecified atom stereocenters. The minimum absolute atomic E-state index is 0.460. The van der Waals surface area contributed by atoms with Crippen molar-refractivity contribution in [2.24, 2.45) is 0 Å². The van der Waals surface area contributed by atoms with Crippen LogP contribution in [0.1, 0.15) is 30.4 Å². The first-order valence-corrected chi connectivity index (χ1v) is 5.73. The van der Waals surface area contributed by atoms with E-state index in [1.54, 1.807) is 0 Å². The van der Waals surface area contributed by atoms with Crippen molar-refractivity contribution in [3.63, 3.8) is 0 Å². The van der Waals surface area contributed by atoms with Gasteiger partial charge in [0.1, 0.15) is 5.75 Å². The largest absolute Gasteiger partial charge is 0.507 e. The van der Waals surface area contributed by atoms with Gasteiger partial charge in [-0.25, -0.2) is 0 Å². The van der Waals surface area contributed by atoms with Gasteiger partial charge in [-0.05, 0) is 29.7 Å². The topological polar surface area (TPSA) is 20.2 Å². The average Bonchev–Trinajstić information content (AvgIpc) is 2.78. The molecule has 3 rings (SSSR count). The predicted octanol–water partition coefficient (Wildman–Crippen LogP) is 3.91. The van der Waals surface area contributed by atoms with Gasteiger partial charge in [0.2, 0.25) is 0 Å². The molecule has 0 aromatic heterocycles. The highest BCUT2D eigenvalue weighted by molar-refractivity contribution is 5.95. The highest BCUT2D eigenvalue weighted by atomic mass is 16.3. The van der Waals surface area contributed by atoms with Gasteiger partial charge in [-0.1, -0.05) is 37.3 Å². The first-order chi connectivity index (χ1) is 7.81. The van der Waals surface area contributed by atoms with Crippen LogP contribution in [0, 0.1) is 0 Å². The number of phenols is 1. The van der Waals surface area contributed by atoms with E-state index in [0.29, 0.717) is 11.7 Å². The van der Waals surface area contributed by atoms with Crippen molar-refractivity contribution in [2.75, 3.05) is 0 Å². The van der Waals surface area contributed by atoms with Gasteiger partial charge in [0, 0.05) is 17.0 Å². The smallest absolute Gasteiger partial charge is 0.131 e. The molecule has 2 aliphatic carbocycles. The summed E-state index contributed by atoms with van der Waals surface area (Å²) >= 11 is 0. The van der Waals surface area contributed by atoms with Gasteiger partial charge >= 0.3 is 0 Å². The maximum Gasteiger partial charge on any atom is 0.131 e. The lowest BCUT2D eigenvalue weighted by Gasteiger charge is -2.14. The van der Waals surface area contributed by atoms with Crippen LogP contribution in [0.25, 0.3) is 11.1 Å². The zero-order valence-corrected chi connectivity index (χ0v) is 9.27. The molecule has 0 radical (unpaired) electrons. The zero-order chi connectivity index (χ0) is 11.1. The van der Waals surface area contributed by atoms with Crippen LogP contribution in [0.2, 0.25) is 0 Å². The van der Waals surface area contributed by atoms with E-state index in [2.05, 4.69) is 43.3 Å². The highest BCUT2D eigenvalue weighted by Gasteiger charge is 2.27. The third-order valence-corrected chi connectivity index (χ3v) is 3.37. The van der Waals surface area contributed by atoms with Gasteiger partial charge in [0.25, 0.3) is 0 Å². The molecule has 1 nitrogen and oxygen atoms in total. The highest BCUT2D eigenvalue weighted by Crippen LogP contribution is 2.53. The monoisotopic (exact) mass is 210 g/mol. The van der Waals surface area contributed by atoms with Crippen LogP contribution < -0.4 is 0 Å². The summed E-state index contributed by atoms with van der Waals surface area (Å²) in [5.41, 5.74) is 4.78. The van der Waals surface area contributed by atoms with Crippen molar-refractivity contribution in [1.29, 1.82) is 0 Å². The second kappa shape index (κ2) is 3.38. The molecule has 0 bridgehead atoms. The van der Waals surface area contributed by atoms with Crippen molar-refractivity contribution in [3.8, 4) is 16.9 Å². The number of fused-ring (bicyclic) bond motifs is 1. The summed E-state index contributed by atoms with van der Waals surface area (Å²) < 4.78 is 0. The van der Waals surface area contributed by atoms with E-state index in [1.807, 2.05) is 6.07 Å². The lowest BCUT2D eigenvalue weighted by molar-refractivity contribution is 0.494. The number of hydrogen-bond donors (Lipinski definition) is 1. The first-order valence-electron chi connectivity index (χ1n) is 5.73. The van der Waals surface area contributed by atoms with E-state index in [4.69, 9.17) is 0 Å². The van der Waals surface area contributed by atoms with Crippen molar-refractivity contribution >= 4 is 0 Å². The third kappa shape index (κ3) is 1.32. The van der Waals surface area contributed by atoms with Gasteiger partial charge in [0.15, 0.2) is 0 Å². The molecule has 2 aliphatic rings. The van der Waals surface area contributed by atoms with Gasteiger partial charge in [-0.15, -0.1) is 0 Å². The number of hydrogen-bond acceptors (Lipinski definition) is 1. The minimum Gasteiger partial charge on any atom is -0.507 e. The Hall–Kier alpha value is -1.76. The van der Waals surface area contributed by atoms with Crippen LogP contribution in [-0.2, 0) is 0 Å². The summed E-state index contributed by atoms with van der Waals surface area (Å²) in [6.45, 7) is 2.20. The van der Waals surface area contributed by atoms with Crippen LogP contribution in [-0.4, -0.2) is 5.11 Å². The van der Waals surface area contributed by atoms with Gasteiger partial charge in [-0.3, -0.25) is 0 Å². The lowest BCUT2D eigenvalue weighted by atomic mass is 9.91. The first kappa shape index (κ1) is 9.46. The molecule has 1 aromatic rings. The van der Waals surface area contributed by atoms with Crippen LogP contribution in [0.5, 0.6) is 5.75 Å². The summed E-state index contributed by atoms with van der Waals surface area (Å²) in [7, 11) is 0. The summed E-state index contributed by atoms with van der Waals surface area (Å²) in [5, 5.41) is 9.36. The second-order valence-corrected chi connectivity index (χ2v) is 4.34. The molecule has 0 heterocycles. The SMILES string of the molecule is CCC(c1ccccc1)c1cc2c(O)c-2c1. The van der Waals surface area contributed by atoms with E-state index in [-0.39, 0.29) is 0 Å². The molecule has 0 fully saturated rings. The summed E-state index contributed by atoms with van der Waals surface area (Å²) in [6.07, 6.45) is 1.09. The molecule has 80 valence electrons. The number of benzene rings is 2. The fourth-order valence-electron chi connectivity index (χ4n) is 2.42. The molecule has 0 saturated carbocycles. The molecule has 0 aliphatic heterocycles. The van der Waals surface area contributed by atoms with Gasteiger partial charge in [0.05, 0.1) is 0 Å². The summed E-state index contributed by atoms with van der Waals surface area (Å²) in [4.78, 5) is 0. The van der Waals surface area contributed by atoms with Crippen LogP contribution in [0.15, 0.2) is 42.5 Å². The van der Waals surface area contributed by atoms with E-state index in [9.17, 15) is 5.11 Å². The van der Waals surface area contributed by atoms with Crippen molar-refractivity contribution < 1.29 is 5.11 Å². The van der Waals surface area contributed by atoms with Crippen molar-refractivity contribution in [1.82, 2.24) is 0 Å². The number of rotatable bonds is 3. The molecule has 1 heteroatoms. The Bertz CT molecular complexity index is 505. The maximum atomic E-state index is 9.36. The Labute approximate surface area is 95.4 Å². The summed E-state index contributed by atoms with van der Waals surface area (Å²) in [6, 6.07) is 14.8. The Morgan fingerprint density at radius 2 is 1.62 bits per heavy atom. The van der Waals surface area contributed by atoms with Gasteiger partial charge in [-0.2, -0.15) is 0 Å². The van der Waals surface area contributed by atoms with E-state index in [1.165, 1.54) is 11.1 Å². The van der Waals surface area contributed by atoms with Crippen LogP contribution in [0.3, 0.4) is 0 Å². The molecule has 0 amide bonds. The quantitative estimate of drug-likeness (QED) is 0.694. The average molecular weight is 210 g/mol. The van der Waals surface area contributed by atoms with E-state index >= 15 is 0 Å². The molecule has 16 heavy (non-hydrogen) atoms. The Kier molecular flexibility index (Phi) is 2.00. The molecule has 0 saturated heterocycles. The second-order valence-electron chi connectivity index (χ2n) is 4.34. The predicted molar refractivity (Wildman–Crippen MR) is 65.7 cm³/mol. The van der Waals surface area contributed by atoms with Crippen molar-refractivity contribution in [3.05, 3.63) is 53.6 Å². The zero-order valence-electron chi connectivity index (χ0n) is 9.27. The molecular formula is C15H14O. The summed E-state index contributed by atoms with van der Waals surface area (Å²) in [5.74, 6) is 0.952. The van der Waals surface area contributed by atoms with Gasteiger partial charge < -0.3 is 5.11 Å². The normalized spacial score (nSPS) is 13.6. The maximum absolute atomic E-state index is 9.36. The Balaban J connectivity index is 1.96. The minimum atomic E-state index is 0.460. The van der Waals surface area contributed by atoms with E-state index < -0.39 is 0 Å². The Morgan fingerprint density at radius 3 is 2.19 bits per heavy atom. The fourth-order valence-corrected chi connectivity index (χ4v) is 2.42. The van der Waals surface area contributed by atoms with Crippen molar-refractivity contribution in [2.45, 2.75) is 19.3 Å².